The number of aromatic hydroxyl groups is 1. The van der Waals surface area contributed by atoms with Crippen molar-refractivity contribution in [1.82, 2.24) is 4.98 Å². The third-order valence-electron chi connectivity index (χ3n) is 2.01. The molecule has 1 amide bonds. The van der Waals surface area contributed by atoms with Gasteiger partial charge in [-0.25, -0.2) is 4.98 Å². The lowest BCUT2D eigenvalue weighted by atomic mass is 10.3. The van der Waals surface area contributed by atoms with Crippen molar-refractivity contribution in [1.29, 1.82) is 0 Å². The highest BCUT2D eigenvalue weighted by molar-refractivity contribution is 6.15. The van der Waals surface area contributed by atoms with Gasteiger partial charge in [-0.2, -0.15) is 0 Å². The summed E-state index contributed by atoms with van der Waals surface area (Å²) >= 11 is 0. The predicted molar refractivity (Wildman–Crippen MR) is 47.9 cm³/mol. The molecule has 0 unspecified atom stereocenters. The maximum absolute atomic E-state index is 11.3. The van der Waals surface area contributed by atoms with Gasteiger partial charge >= 0.3 is 0 Å². The Morgan fingerprint density at radius 1 is 1.43 bits per heavy atom. The van der Waals surface area contributed by atoms with Crippen LogP contribution in [0, 0.1) is 0 Å². The molecule has 0 atom stereocenters. The molecule has 5 nitrogen and oxygen atoms in total. The van der Waals surface area contributed by atoms with Gasteiger partial charge < -0.3 is 5.11 Å². The van der Waals surface area contributed by atoms with Crippen molar-refractivity contribution >= 4 is 17.5 Å². The van der Waals surface area contributed by atoms with Crippen LogP contribution in [-0.4, -0.2) is 28.3 Å². The topological polar surface area (TPSA) is 70.5 Å². The fourth-order valence-corrected chi connectivity index (χ4v) is 1.37. The van der Waals surface area contributed by atoms with Gasteiger partial charge in [0.05, 0.1) is 13.0 Å². The number of carbonyl (C=O) groups is 2. The standard InChI is InChI=1S/C9H8N2O3/c12-6-4-8(14)11(5-6)9-7(13)2-1-3-10-9/h1-3,13H,4-5H2. The van der Waals surface area contributed by atoms with E-state index < -0.39 is 0 Å². The molecule has 0 bridgehead atoms. The molecule has 1 saturated heterocycles. The van der Waals surface area contributed by atoms with Crippen molar-refractivity contribution < 1.29 is 14.7 Å². The van der Waals surface area contributed by atoms with Crippen LogP contribution in [0.3, 0.4) is 0 Å². The molecule has 0 aromatic carbocycles. The maximum atomic E-state index is 11.3. The number of rotatable bonds is 1. The summed E-state index contributed by atoms with van der Waals surface area (Å²) in [5.41, 5.74) is 0. The summed E-state index contributed by atoms with van der Waals surface area (Å²) in [4.78, 5) is 27.3. The molecule has 72 valence electrons. The lowest BCUT2D eigenvalue weighted by molar-refractivity contribution is -0.121. The Kier molecular flexibility index (Phi) is 1.92. The molecule has 0 radical (unpaired) electrons. The Bertz CT molecular complexity index is 403. The van der Waals surface area contributed by atoms with Gasteiger partial charge in [0.25, 0.3) is 0 Å². The number of anilines is 1. The first-order valence-corrected chi connectivity index (χ1v) is 4.14. The highest BCUT2D eigenvalue weighted by Gasteiger charge is 2.30. The molecule has 1 aliphatic heterocycles. The zero-order chi connectivity index (χ0) is 10.1. The Labute approximate surface area is 80.0 Å². The van der Waals surface area contributed by atoms with Crippen molar-refractivity contribution in [2.45, 2.75) is 6.42 Å². The molecule has 0 spiro atoms. The van der Waals surface area contributed by atoms with Crippen LogP contribution in [0.5, 0.6) is 5.75 Å². The van der Waals surface area contributed by atoms with E-state index in [-0.39, 0.29) is 36.2 Å². The molecule has 0 aliphatic carbocycles. The van der Waals surface area contributed by atoms with E-state index in [1.54, 1.807) is 6.07 Å². The molecule has 1 aromatic rings. The van der Waals surface area contributed by atoms with Gasteiger partial charge in [0.2, 0.25) is 5.91 Å². The molecule has 14 heavy (non-hydrogen) atoms. The van der Waals surface area contributed by atoms with E-state index in [0.717, 1.165) is 0 Å². The van der Waals surface area contributed by atoms with E-state index in [1.165, 1.54) is 17.2 Å². The predicted octanol–water partition coefficient (Wildman–Crippen LogP) is 0.0930. The number of aromatic nitrogens is 1. The minimum absolute atomic E-state index is 0.00338. The number of nitrogens with zero attached hydrogens (tertiary/aromatic N) is 2. The summed E-state index contributed by atoms with van der Waals surface area (Å²) in [6.07, 6.45) is 1.36. The summed E-state index contributed by atoms with van der Waals surface area (Å²) in [7, 11) is 0. The number of hydrogen-bond donors (Lipinski definition) is 1. The van der Waals surface area contributed by atoms with E-state index in [9.17, 15) is 14.7 Å². The highest BCUT2D eigenvalue weighted by atomic mass is 16.3. The van der Waals surface area contributed by atoms with Crippen LogP contribution >= 0.6 is 0 Å². The molecule has 1 aliphatic rings. The Morgan fingerprint density at radius 2 is 2.21 bits per heavy atom. The average Bonchev–Trinajstić information content (AvgIpc) is 2.46. The van der Waals surface area contributed by atoms with Crippen LogP contribution in [0.2, 0.25) is 0 Å². The lowest BCUT2D eigenvalue weighted by Crippen LogP contribution is -2.25. The Hall–Kier alpha value is -1.91. The molecule has 5 heteroatoms. The van der Waals surface area contributed by atoms with E-state index >= 15 is 0 Å². The van der Waals surface area contributed by atoms with Crippen molar-refractivity contribution in [2.75, 3.05) is 11.4 Å². The van der Waals surface area contributed by atoms with Crippen LogP contribution in [0.1, 0.15) is 6.42 Å². The SMILES string of the molecule is O=C1CC(=O)N(c2ncccc2O)C1. The molecule has 1 N–H and O–H groups in total. The smallest absolute Gasteiger partial charge is 0.236 e. The number of Topliss-reactive ketones (excluding diaryl/α,β-unsaturated/α-hetero) is 1. The summed E-state index contributed by atoms with van der Waals surface area (Å²) in [6, 6.07) is 2.99. The first kappa shape index (κ1) is 8.68. The molecule has 1 fully saturated rings. The largest absolute Gasteiger partial charge is 0.504 e. The normalized spacial score (nSPS) is 16.4. The van der Waals surface area contributed by atoms with Crippen LogP contribution < -0.4 is 4.90 Å². The van der Waals surface area contributed by atoms with E-state index in [0.29, 0.717) is 0 Å². The Balaban J connectivity index is 2.36. The molecule has 0 saturated carbocycles. The maximum Gasteiger partial charge on any atom is 0.236 e. The van der Waals surface area contributed by atoms with Crippen molar-refractivity contribution in [2.24, 2.45) is 0 Å². The second kappa shape index (κ2) is 3.10. The highest BCUT2D eigenvalue weighted by Crippen LogP contribution is 2.26. The zero-order valence-electron chi connectivity index (χ0n) is 7.30. The molecule has 1 aromatic heterocycles. The van der Waals surface area contributed by atoms with Gasteiger partial charge in [-0.15, -0.1) is 0 Å². The lowest BCUT2D eigenvalue weighted by Gasteiger charge is -2.13. The monoisotopic (exact) mass is 192 g/mol. The van der Waals surface area contributed by atoms with Gasteiger partial charge in [-0.05, 0) is 12.1 Å². The third-order valence-corrected chi connectivity index (χ3v) is 2.01. The fourth-order valence-electron chi connectivity index (χ4n) is 1.37. The zero-order valence-corrected chi connectivity index (χ0v) is 7.30. The quantitative estimate of drug-likeness (QED) is 0.640. The number of pyridine rings is 1. The Morgan fingerprint density at radius 3 is 2.79 bits per heavy atom. The number of ketones is 1. The summed E-state index contributed by atoms with van der Waals surface area (Å²) in [5.74, 6) is -0.400. The third kappa shape index (κ3) is 1.32. The van der Waals surface area contributed by atoms with Crippen LogP contribution in [0.25, 0.3) is 0 Å². The van der Waals surface area contributed by atoms with Crippen LogP contribution in [-0.2, 0) is 9.59 Å². The summed E-state index contributed by atoms with van der Waals surface area (Å²) < 4.78 is 0. The average molecular weight is 192 g/mol. The number of hydrogen-bond acceptors (Lipinski definition) is 4. The molecular weight excluding hydrogens is 184 g/mol. The number of carbonyl (C=O) groups excluding carboxylic acids is 2. The van der Waals surface area contributed by atoms with Crippen LogP contribution in [0.15, 0.2) is 18.3 Å². The fraction of sp³-hybridized carbons (Fsp3) is 0.222. The second-order valence-electron chi connectivity index (χ2n) is 3.04. The number of amides is 1. The first-order chi connectivity index (χ1) is 6.68. The van der Waals surface area contributed by atoms with E-state index in [2.05, 4.69) is 4.98 Å². The van der Waals surface area contributed by atoms with Crippen molar-refractivity contribution in [3.63, 3.8) is 0 Å². The van der Waals surface area contributed by atoms with Crippen molar-refractivity contribution in [3.8, 4) is 5.75 Å². The van der Waals surface area contributed by atoms with E-state index in [1.807, 2.05) is 0 Å². The minimum Gasteiger partial charge on any atom is -0.504 e. The van der Waals surface area contributed by atoms with Crippen LogP contribution in [0.4, 0.5) is 5.82 Å². The van der Waals surface area contributed by atoms with Gasteiger partial charge in [-0.3, -0.25) is 14.5 Å². The molecule has 2 heterocycles. The van der Waals surface area contributed by atoms with Gasteiger partial charge in [-0.1, -0.05) is 0 Å². The summed E-state index contributed by atoms with van der Waals surface area (Å²) in [5, 5.41) is 9.41. The van der Waals surface area contributed by atoms with E-state index in [4.69, 9.17) is 0 Å². The van der Waals surface area contributed by atoms with Gasteiger partial charge in [0, 0.05) is 6.20 Å². The molecule has 2 rings (SSSR count). The van der Waals surface area contributed by atoms with Gasteiger partial charge in [0.15, 0.2) is 17.4 Å². The van der Waals surface area contributed by atoms with Gasteiger partial charge in [0.1, 0.15) is 0 Å². The minimum atomic E-state index is -0.316. The molecular formula is C9H8N2O3. The first-order valence-electron chi connectivity index (χ1n) is 4.14. The second-order valence-corrected chi connectivity index (χ2v) is 3.04. The van der Waals surface area contributed by atoms with Crippen molar-refractivity contribution in [3.05, 3.63) is 18.3 Å². The summed E-state index contributed by atoms with van der Waals surface area (Å²) in [6.45, 7) is 0.00338.